The molecule has 0 saturated heterocycles. The number of hydrogen-bond donors (Lipinski definition) is 1. The fourth-order valence-corrected chi connectivity index (χ4v) is 2.28. The second-order valence-electron chi connectivity index (χ2n) is 4.86. The first-order valence-corrected chi connectivity index (χ1v) is 7.28. The van der Waals surface area contributed by atoms with Gasteiger partial charge in [0.2, 0.25) is 0 Å². The third-order valence-corrected chi connectivity index (χ3v) is 3.29. The van der Waals surface area contributed by atoms with Crippen molar-refractivity contribution in [2.24, 2.45) is 0 Å². The molecule has 1 heterocycles. The van der Waals surface area contributed by atoms with Crippen LogP contribution in [0.2, 0.25) is 0 Å². The highest BCUT2D eigenvalue weighted by atomic mass is 15.2. The van der Waals surface area contributed by atoms with E-state index < -0.39 is 0 Å². The van der Waals surface area contributed by atoms with E-state index in [4.69, 9.17) is 0 Å². The zero-order valence-corrected chi connectivity index (χ0v) is 12.3. The Morgan fingerprint density at radius 3 is 2.60 bits per heavy atom. The number of anilines is 2. The van der Waals surface area contributed by atoms with Gasteiger partial charge in [-0.2, -0.15) is 0 Å². The number of pyridine rings is 1. The van der Waals surface area contributed by atoms with Gasteiger partial charge in [-0.25, -0.2) is 4.98 Å². The Morgan fingerprint density at radius 1 is 1.10 bits per heavy atom. The molecule has 1 aromatic carbocycles. The monoisotopic (exact) mass is 269 g/mol. The Labute approximate surface area is 121 Å². The lowest BCUT2D eigenvalue weighted by molar-refractivity contribution is 0.763. The molecule has 0 amide bonds. The third kappa shape index (κ3) is 3.58. The second-order valence-corrected chi connectivity index (χ2v) is 4.86. The molecule has 0 bridgehead atoms. The normalized spacial score (nSPS) is 10.5. The summed E-state index contributed by atoms with van der Waals surface area (Å²) in [6.07, 6.45) is 4.21. The van der Waals surface area contributed by atoms with Crippen molar-refractivity contribution in [3.05, 3.63) is 54.2 Å². The molecule has 1 aromatic heterocycles. The van der Waals surface area contributed by atoms with E-state index in [1.807, 2.05) is 19.3 Å². The van der Waals surface area contributed by atoms with E-state index in [9.17, 15) is 0 Å². The summed E-state index contributed by atoms with van der Waals surface area (Å²) in [6.45, 7) is 4.04. The zero-order chi connectivity index (χ0) is 14.2. The predicted molar refractivity (Wildman–Crippen MR) is 85.4 cm³/mol. The number of hydrogen-bond acceptors (Lipinski definition) is 3. The van der Waals surface area contributed by atoms with Gasteiger partial charge in [-0.15, -0.1) is 0 Å². The average Bonchev–Trinajstić information content (AvgIpc) is 2.50. The summed E-state index contributed by atoms with van der Waals surface area (Å²) >= 11 is 0. The van der Waals surface area contributed by atoms with E-state index in [-0.39, 0.29) is 0 Å². The fraction of sp³-hybridized carbons (Fsp3) is 0.353. The lowest BCUT2D eigenvalue weighted by atomic mass is 10.2. The number of benzene rings is 1. The number of unbranched alkanes of at least 4 members (excludes halogenated alkanes) is 1. The maximum absolute atomic E-state index is 4.61. The van der Waals surface area contributed by atoms with Gasteiger partial charge in [-0.1, -0.05) is 37.6 Å². The molecule has 0 fully saturated rings. The second kappa shape index (κ2) is 7.65. The van der Waals surface area contributed by atoms with Crippen LogP contribution in [0.4, 0.5) is 11.5 Å². The van der Waals surface area contributed by atoms with Crippen molar-refractivity contribution in [2.45, 2.75) is 26.3 Å². The quantitative estimate of drug-likeness (QED) is 0.830. The molecule has 0 aliphatic heterocycles. The van der Waals surface area contributed by atoms with Gasteiger partial charge in [0.25, 0.3) is 0 Å². The van der Waals surface area contributed by atoms with E-state index in [2.05, 4.69) is 58.5 Å². The van der Waals surface area contributed by atoms with E-state index >= 15 is 0 Å². The van der Waals surface area contributed by atoms with Crippen LogP contribution in [0.25, 0.3) is 0 Å². The number of aromatic nitrogens is 1. The largest absolute Gasteiger partial charge is 0.326 e. The minimum absolute atomic E-state index is 0.832. The molecule has 2 rings (SSSR count). The first-order valence-electron chi connectivity index (χ1n) is 7.28. The molecule has 3 nitrogen and oxygen atoms in total. The van der Waals surface area contributed by atoms with Gasteiger partial charge < -0.3 is 10.2 Å². The van der Waals surface area contributed by atoms with Gasteiger partial charge in [0.15, 0.2) is 0 Å². The summed E-state index contributed by atoms with van der Waals surface area (Å²) in [5.41, 5.74) is 2.44. The molecular weight excluding hydrogens is 246 g/mol. The highest BCUT2D eigenvalue weighted by Gasteiger charge is 2.13. The first-order chi connectivity index (χ1) is 9.86. The highest BCUT2D eigenvalue weighted by Crippen LogP contribution is 2.26. The van der Waals surface area contributed by atoms with Crippen molar-refractivity contribution in [2.75, 3.05) is 18.5 Å². The molecular formula is C17H23N3. The lowest BCUT2D eigenvalue weighted by Crippen LogP contribution is -2.22. The molecule has 0 radical (unpaired) electrons. The van der Waals surface area contributed by atoms with Crippen LogP contribution in [-0.2, 0) is 6.54 Å². The molecule has 1 N–H and O–H groups in total. The number of nitrogens with one attached hydrogen (secondary N) is 1. The van der Waals surface area contributed by atoms with Crippen LogP contribution in [0.1, 0.15) is 25.3 Å². The molecule has 0 saturated carbocycles. The van der Waals surface area contributed by atoms with Crippen LogP contribution in [-0.4, -0.2) is 18.6 Å². The minimum atomic E-state index is 0.832. The smallest absolute Gasteiger partial charge is 0.137 e. The van der Waals surface area contributed by atoms with Gasteiger partial charge in [-0.05, 0) is 31.7 Å². The van der Waals surface area contributed by atoms with E-state index in [1.54, 1.807) is 0 Å². The summed E-state index contributed by atoms with van der Waals surface area (Å²) in [7, 11) is 1.97. The maximum Gasteiger partial charge on any atom is 0.137 e. The lowest BCUT2D eigenvalue weighted by Gasteiger charge is -2.26. The van der Waals surface area contributed by atoms with Gasteiger partial charge >= 0.3 is 0 Å². The molecule has 20 heavy (non-hydrogen) atoms. The molecule has 0 aliphatic rings. The van der Waals surface area contributed by atoms with Crippen LogP contribution in [0.3, 0.4) is 0 Å². The third-order valence-electron chi connectivity index (χ3n) is 3.29. The van der Waals surface area contributed by atoms with E-state index in [0.717, 1.165) is 25.3 Å². The van der Waals surface area contributed by atoms with Crippen LogP contribution in [0, 0.1) is 0 Å². The summed E-state index contributed by atoms with van der Waals surface area (Å²) in [5.74, 6) is 1.06. The number of para-hydroxylation sites is 1. The topological polar surface area (TPSA) is 28.2 Å². The Kier molecular flexibility index (Phi) is 5.56. The minimum Gasteiger partial charge on any atom is -0.326 e. The maximum atomic E-state index is 4.61. The molecule has 0 unspecified atom stereocenters. The first kappa shape index (κ1) is 14.5. The van der Waals surface area contributed by atoms with Gasteiger partial charge in [0.05, 0.1) is 0 Å². The Morgan fingerprint density at radius 2 is 1.90 bits per heavy atom. The molecule has 106 valence electrons. The molecule has 0 atom stereocenters. The van der Waals surface area contributed by atoms with Gasteiger partial charge in [0.1, 0.15) is 5.82 Å². The molecule has 0 spiro atoms. The van der Waals surface area contributed by atoms with Gasteiger partial charge in [0, 0.05) is 30.5 Å². The molecule has 2 aromatic rings. The zero-order valence-electron chi connectivity index (χ0n) is 12.3. The molecule has 3 heteroatoms. The fourth-order valence-electron chi connectivity index (χ4n) is 2.28. The van der Waals surface area contributed by atoms with Crippen molar-refractivity contribution in [1.29, 1.82) is 0 Å². The van der Waals surface area contributed by atoms with Crippen molar-refractivity contribution in [3.8, 4) is 0 Å². The number of nitrogens with zero attached hydrogens (tertiary/aromatic N) is 2. The van der Waals surface area contributed by atoms with Crippen LogP contribution in [0.15, 0.2) is 48.7 Å². The van der Waals surface area contributed by atoms with Gasteiger partial charge in [-0.3, -0.25) is 0 Å². The SMILES string of the molecule is CCCCN(c1ccccc1)c1ncccc1CNC. The molecule has 0 aliphatic carbocycles. The van der Waals surface area contributed by atoms with Crippen LogP contribution >= 0.6 is 0 Å². The van der Waals surface area contributed by atoms with E-state index in [0.29, 0.717) is 0 Å². The van der Waals surface area contributed by atoms with Crippen molar-refractivity contribution in [3.63, 3.8) is 0 Å². The Balaban J connectivity index is 2.36. The summed E-state index contributed by atoms with van der Waals surface area (Å²) in [4.78, 5) is 6.93. The Bertz CT molecular complexity index is 511. The highest BCUT2D eigenvalue weighted by molar-refractivity contribution is 5.62. The van der Waals surface area contributed by atoms with Crippen LogP contribution in [0.5, 0.6) is 0 Å². The standard InChI is InChI=1S/C17H23N3/c1-3-4-13-20(16-10-6-5-7-11-16)17-15(14-18-2)9-8-12-19-17/h5-12,18H,3-4,13-14H2,1-2H3. The predicted octanol–water partition coefficient (Wildman–Crippen LogP) is 3.74. The van der Waals surface area contributed by atoms with Crippen molar-refractivity contribution < 1.29 is 0 Å². The Hall–Kier alpha value is -1.87. The summed E-state index contributed by atoms with van der Waals surface area (Å²) in [6, 6.07) is 14.6. The average molecular weight is 269 g/mol. The van der Waals surface area contributed by atoms with Crippen molar-refractivity contribution in [1.82, 2.24) is 10.3 Å². The summed E-state index contributed by atoms with van der Waals surface area (Å²) in [5, 5.41) is 3.22. The van der Waals surface area contributed by atoms with Crippen LogP contribution < -0.4 is 10.2 Å². The number of rotatable bonds is 7. The van der Waals surface area contributed by atoms with Crippen molar-refractivity contribution >= 4 is 11.5 Å². The summed E-state index contributed by atoms with van der Waals surface area (Å²) < 4.78 is 0. The van der Waals surface area contributed by atoms with E-state index in [1.165, 1.54) is 17.7 Å².